The summed E-state index contributed by atoms with van der Waals surface area (Å²) in [4.78, 5) is 25.0. The Morgan fingerprint density at radius 2 is 2.13 bits per heavy atom. The van der Waals surface area contributed by atoms with Gasteiger partial charge in [-0.25, -0.2) is 9.37 Å². The highest BCUT2D eigenvalue weighted by Crippen LogP contribution is 2.28. The van der Waals surface area contributed by atoms with E-state index in [1.165, 1.54) is 30.6 Å². The van der Waals surface area contributed by atoms with Crippen LogP contribution >= 0.6 is 11.3 Å². The first-order chi connectivity index (χ1) is 14.6. The Labute approximate surface area is 174 Å². The fraction of sp³-hybridized carbons (Fsp3) is 0.150. The van der Waals surface area contributed by atoms with E-state index < -0.39 is 5.82 Å². The van der Waals surface area contributed by atoms with Crippen LogP contribution in [-0.2, 0) is 11.2 Å². The molecule has 8 nitrogen and oxygen atoms in total. The second-order valence-corrected chi connectivity index (χ2v) is 7.02. The van der Waals surface area contributed by atoms with Crippen molar-refractivity contribution in [1.82, 2.24) is 20.1 Å². The molecule has 0 radical (unpaired) electrons. The third-order valence-electron chi connectivity index (χ3n) is 4.13. The molecule has 0 unspecified atom stereocenters. The van der Waals surface area contributed by atoms with E-state index in [1.54, 1.807) is 29.8 Å². The van der Waals surface area contributed by atoms with Crippen LogP contribution in [0, 0.1) is 5.82 Å². The Kier molecular flexibility index (Phi) is 5.75. The number of ether oxygens (including phenoxy) is 1. The monoisotopic (exact) mass is 425 g/mol. The van der Waals surface area contributed by atoms with Gasteiger partial charge in [0.25, 0.3) is 0 Å². The molecule has 0 aliphatic heterocycles. The maximum Gasteiger partial charge on any atom is 0.227 e. The maximum atomic E-state index is 13.9. The summed E-state index contributed by atoms with van der Waals surface area (Å²) >= 11 is 1.26. The van der Waals surface area contributed by atoms with Crippen LogP contribution in [0.4, 0.5) is 9.52 Å². The highest BCUT2D eigenvalue weighted by Gasteiger charge is 2.13. The molecule has 0 atom stereocenters. The Balaban J connectivity index is 1.34. The molecule has 10 heteroatoms. The number of anilines is 1. The van der Waals surface area contributed by atoms with E-state index in [0.29, 0.717) is 33.8 Å². The van der Waals surface area contributed by atoms with Gasteiger partial charge in [-0.1, -0.05) is 11.2 Å². The molecule has 30 heavy (non-hydrogen) atoms. The number of amides is 1. The second-order valence-electron chi connectivity index (χ2n) is 6.16. The van der Waals surface area contributed by atoms with Crippen LogP contribution in [-0.4, -0.2) is 33.1 Å². The molecule has 0 spiro atoms. The first kappa shape index (κ1) is 19.6. The van der Waals surface area contributed by atoms with E-state index >= 15 is 0 Å². The molecule has 0 saturated carbocycles. The quantitative estimate of drug-likeness (QED) is 0.478. The fourth-order valence-corrected chi connectivity index (χ4v) is 3.38. The van der Waals surface area contributed by atoms with Crippen molar-refractivity contribution in [3.63, 3.8) is 0 Å². The number of thiazole rings is 1. The summed E-state index contributed by atoms with van der Waals surface area (Å²) in [5, 5.41) is 8.77. The lowest BCUT2D eigenvalue weighted by Crippen LogP contribution is -2.12. The van der Waals surface area contributed by atoms with Crippen LogP contribution in [0.15, 0.2) is 52.5 Å². The van der Waals surface area contributed by atoms with E-state index in [4.69, 9.17) is 9.26 Å². The number of carbonyl (C=O) groups is 1. The first-order valence-corrected chi connectivity index (χ1v) is 9.83. The van der Waals surface area contributed by atoms with Gasteiger partial charge >= 0.3 is 0 Å². The van der Waals surface area contributed by atoms with Crippen molar-refractivity contribution in [2.45, 2.75) is 12.8 Å². The van der Waals surface area contributed by atoms with Crippen LogP contribution in [0.1, 0.15) is 12.3 Å². The molecule has 4 aromatic rings. The molecule has 1 N–H and O–H groups in total. The van der Waals surface area contributed by atoms with E-state index in [-0.39, 0.29) is 24.5 Å². The number of hydrogen-bond donors (Lipinski definition) is 1. The van der Waals surface area contributed by atoms with E-state index in [9.17, 15) is 9.18 Å². The van der Waals surface area contributed by atoms with E-state index in [1.807, 2.05) is 6.07 Å². The van der Waals surface area contributed by atoms with Gasteiger partial charge in [-0.2, -0.15) is 4.98 Å². The molecule has 3 heterocycles. The summed E-state index contributed by atoms with van der Waals surface area (Å²) in [6.07, 6.45) is 2.07. The lowest BCUT2D eigenvalue weighted by molar-refractivity contribution is -0.116. The Morgan fingerprint density at radius 3 is 2.90 bits per heavy atom. The summed E-state index contributed by atoms with van der Waals surface area (Å²) in [6, 6.07) is 9.98. The summed E-state index contributed by atoms with van der Waals surface area (Å²) in [5.74, 6) is 0.170. The normalized spacial score (nSPS) is 10.7. The molecule has 0 fully saturated rings. The highest BCUT2D eigenvalue weighted by atomic mass is 32.1. The minimum Gasteiger partial charge on any atom is -0.494 e. The topological polar surface area (TPSA) is 103 Å². The molecule has 0 bridgehead atoms. The van der Waals surface area contributed by atoms with Crippen molar-refractivity contribution in [2.75, 3.05) is 12.4 Å². The molecule has 4 rings (SSSR count). The molecule has 0 aliphatic carbocycles. The number of nitrogens with zero attached hydrogens (tertiary/aromatic N) is 4. The number of pyridine rings is 1. The third kappa shape index (κ3) is 4.49. The smallest absolute Gasteiger partial charge is 0.227 e. The van der Waals surface area contributed by atoms with E-state index in [0.717, 1.165) is 0 Å². The largest absolute Gasteiger partial charge is 0.494 e. The Bertz CT molecular complexity index is 1160. The molecule has 3 aromatic heterocycles. The predicted octanol–water partition coefficient (Wildman–Crippen LogP) is 3.97. The highest BCUT2D eigenvalue weighted by molar-refractivity contribution is 7.14. The lowest BCUT2D eigenvalue weighted by atomic mass is 10.1. The maximum absolute atomic E-state index is 13.9. The van der Waals surface area contributed by atoms with Crippen molar-refractivity contribution in [2.24, 2.45) is 0 Å². The molecule has 0 saturated heterocycles. The lowest BCUT2D eigenvalue weighted by Gasteiger charge is -2.03. The fourth-order valence-electron chi connectivity index (χ4n) is 2.65. The Morgan fingerprint density at radius 1 is 1.23 bits per heavy atom. The predicted molar refractivity (Wildman–Crippen MR) is 109 cm³/mol. The number of rotatable bonds is 7. The number of halogens is 1. The van der Waals surface area contributed by atoms with Crippen molar-refractivity contribution < 1.29 is 18.4 Å². The van der Waals surface area contributed by atoms with Crippen LogP contribution in [0.2, 0.25) is 0 Å². The van der Waals surface area contributed by atoms with Crippen LogP contribution in [0.3, 0.4) is 0 Å². The number of benzene rings is 1. The molecule has 152 valence electrons. The van der Waals surface area contributed by atoms with E-state index in [2.05, 4.69) is 25.4 Å². The van der Waals surface area contributed by atoms with Gasteiger partial charge < -0.3 is 14.6 Å². The number of hydrogen-bond acceptors (Lipinski definition) is 8. The summed E-state index contributed by atoms with van der Waals surface area (Å²) in [6.45, 7) is 0. The number of nitrogens with one attached hydrogen (secondary N) is 1. The summed E-state index contributed by atoms with van der Waals surface area (Å²) < 4.78 is 24.0. The van der Waals surface area contributed by atoms with Gasteiger partial charge in [0.15, 0.2) is 16.7 Å². The van der Waals surface area contributed by atoms with Crippen LogP contribution < -0.4 is 10.1 Å². The molecule has 1 aromatic carbocycles. The number of aryl methyl sites for hydroxylation is 1. The molecular formula is C20H16FN5O3S. The van der Waals surface area contributed by atoms with Crippen LogP contribution in [0.5, 0.6) is 5.75 Å². The average molecular weight is 425 g/mol. The molecule has 0 aliphatic rings. The number of carbonyl (C=O) groups excluding carboxylic acids is 1. The van der Waals surface area contributed by atoms with Crippen molar-refractivity contribution >= 4 is 22.4 Å². The van der Waals surface area contributed by atoms with Gasteiger partial charge in [0.2, 0.25) is 17.6 Å². The van der Waals surface area contributed by atoms with Crippen molar-refractivity contribution in [3.05, 3.63) is 59.7 Å². The number of methoxy groups -OCH3 is 1. The standard InChI is InChI=1S/C20H16FN5O3S/c1-28-16-6-5-12(10-13(16)21)15-11-30-20(23-15)24-17(27)7-8-18-25-19(26-29-18)14-4-2-3-9-22-14/h2-6,9-11H,7-8H2,1H3,(H,23,24,27). The van der Waals surface area contributed by atoms with Gasteiger partial charge in [-0.05, 0) is 30.3 Å². The zero-order valence-corrected chi connectivity index (χ0v) is 16.6. The van der Waals surface area contributed by atoms with Crippen molar-refractivity contribution in [1.29, 1.82) is 0 Å². The second kappa shape index (κ2) is 8.78. The van der Waals surface area contributed by atoms with Gasteiger partial charge in [-0.3, -0.25) is 9.78 Å². The van der Waals surface area contributed by atoms with Crippen molar-refractivity contribution in [3.8, 4) is 28.5 Å². The minimum absolute atomic E-state index is 0.149. The first-order valence-electron chi connectivity index (χ1n) is 8.95. The van der Waals surface area contributed by atoms with Crippen LogP contribution in [0.25, 0.3) is 22.8 Å². The van der Waals surface area contributed by atoms with Gasteiger partial charge in [-0.15, -0.1) is 11.3 Å². The zero-order valence-electron chi connectivity index (χ0n) is 15.8. The zero-order chi connectivity index (χ0) is 20.9. The number of aromatic nitrogens is 4. The minimum atomic E-state index is -0.474. The molecular weight excluding hydrogens is 409 g/mol. The van der Waals surface area contributed by atoms with Gasteiger partial charge in [0, 0.05) is 30.0 Å². The SMILES string of the molecule is COc1ccc(-c2csc(NC(=O)CCc3nc(-c4ccccn4)no3)n2)cc1F. The molecule has 1 amide bonds. The summed E-state index contributed by atoms with van der Waals surface area (Å²) in [5.41, 5.74) is 1.76. The van der Waals surface area contributed by atoms with Gasteiger partial charge in [0.1, 0.15) is 5.69 Å². The van der Waals surface area contributed by atoms with Gasteiger partial charge in [0.05, 0.1) is 12.8 Å². The average Bonchev–Trinajstić information content (AvgIpc) is 3.43. The Hall–Kier alpha value is -3.66. The summed E-state index contributed by atoms with van der Waals surface area (Å²) in [7, 11) is 1.40. The third-order valence-corrected chi connectivity index (χ3v) is 4.88.